The maximum absolute atomic E-state index is 14.2. The summed E-state index contributed by atoms with van der Waals surface area (Å²) < 4.78 is 32.1. The number of aryl methyl sites for hydroxylation is 1. The van der Waals surface area contributed by atoms with Gasteiger partial charge >= 0.3 is 6.09 Å². The zero-order valence-corrected chi connectivity index (χ0v) is 30.1. The van der Waals surface area contributed by atoms with Crippen molar-refractivity contribution < 1.29 is 28.2 Å². The zero-order chi connectivity index (χ0) is 35.5. The minimum Gasteiger partial charge on any atom is -0.496 e. The molecule has 0 spiro atoms. The molecule has 48 heavy (non-hydrogen) atoms. The average molecular weight is 664 g/mol. The molecule has 0 radical (unpaired) electrons. The van der Waals surface area contributed by atoms with Gasteiger partial charge in [0.05, 0.1) is 18.5 Å². The summed E-state index contributed by atoms with van der Waals surface area (Å²) in [6.07, 6.45) is -0.450. The van der Waals surface area contributed by atoms with Gasteiger partial charge in [-0.2, -0.15) is 0 Å². The molecule has 4 rings (SSSR count). The smallest absolute Gasteiger partial charge is 0.415 e. The van der Waals surface area contributed by atoms with E-state index in [2.05, 4.69) is 29.0 Å². The summed E-state index contributed by atoms with van der Waals surface area (Å²) in [5.41, 5.74) is 3.56. The fourth-order valence-electron chi connectivity index (χ4n) is 5.62. The normalized spacial score (nSPS) is 15.1. The number of rotatable bonds is 12. The van der Waals surface area contributed by atoms with Gasteiger partial charge in [0.25, 0.3) is 5.91 Å². The van der Waals surface area contributed by atoms with E-state index < -0.39 is 17.4 Å². The first-order valence-corrected chi connectivity index (χ1v) is 16.1. The molecule has 11 heteroatoms. The van der Waals surface area contributed by atoms with Crippen LogP contribution in [0.5, 0.6) is 17.2 Å². The van der Waals surface area contributed by atoms with Gasteiger partial charge in [-0.05, 0) is 98.2 Å². The summed E-state index contributed by atoms with van der Waals surface area (Å²) in [7, 11) is 11.2. The van der Waals surface area contributed by atoms with Crippen LogP contribution in [0.4, 0.5) is 20.6 Å². The standard InChI is InChI=1S/C37H50FN5O5/c1-23-12-13-26(38)18-32(23)47-22-30-28(16-17-31-34(30)42(10)35(44)37(4,5)39-31)29-15-14-27(19-33(29)46-11)48-36(45)43(20-24(2)40(6)7)21-25(3)41(8)9/h12-19,24-25,39H,20-22H2,1-11H3. The Morgan fingerprint density at radius 1 is 0.938 bits per heavy atom. The van der Waals surface area contributed by atoms with Crippen molar-refractivity contribution in [2.75, 3.05) is 65.7 Å². The summed E-state index contributed by atoms with van der Waals surface area (Å²) in [4.78, 5) is 34.4. The molecule has 3 aromatic carbocycles. The molecule has 2 amide bonds. The second-order valence-electron chi connectivity index (χ2n) is 13.6. The van der Waals surface area contributed by atoms with E-state index >= 15 is 0 Å². The van der Waals surface area contributed by atoms with Gasteiger partial charge < -0.3 is 39.1 Å². The number of ether oxygens (including phenoxy) is 3. The number of likely N-dealkylation sites (N-methyl/N-ethyl adjacent to an activating group) is 3. The van der Waals surface area contributed by atoms with Crippen LogP contribution in [0.3, 0.4) is 0 Å². The lowest BCUT2D eigenvalue weighted by Gasteiger charge is -2.39. The van der Waals surface area contributed by atoms with Crippen LogP contribution in [0.15, 0.2) is 48.5 Å². The SMILES string of the molecule is COc1cc(OC(=O)N(CC(C)N(C)C)CC(C)N(C)C)ccc1-c1ccc2c(c1COc1cc(F)ccc1C)N(C)C(=O)C(C)(C)N2. The molecule has 0 aliphatic carbocycles. The van der Waals surface area contributed by atoms with E-state index in [9.17, 15) is 14.0 Å². The quantitative estimate of drug-likeness (QED) is 0.243. The summed E-state index contributed by atoms with van der Waals surface area (Å²) in [6.45, 7) is 10.7. The van der Waals surface area contributed by atoms with Crippen molar-refractivity contribution in [1.29, 1.82) is 0 Å². The number of methoxy groups -OCH3 is 1. The van der Waals surface area contributed by atoms with Gasteiger partial charge in [-0.25, -0.2) is 9.18 Å². The number of carbonyl (C=O) groups is 2. The molecule has 2 atom stereocenters. The van der Waals surface area contributed by atoms with E-state index in [1.165, 1.54) is 12.1 Å². The lowest BCUT2D eigenvalue weighted by molar-refractivity contribution is -0.121. The Morgan fingerprint density at radius 2 is 1.56 bits per heavy atom. The molecular weight excluding hydrogens is 613 g/mol. The molecule has 0 bridgehead atoms. The Hall–Kier alpha value is -4.35. The summed E-state index contributed by atoms with van der Waals surface area (Å²) in [5, 5.41) is 3.36. The first-order chi connectivity index (χ1) is 22.5. The van der Waals surface area contributed by atoms with Gasteiger partial charge in [0, 0.05) is 55.5 Å². The molecule has 0 aromatic heterocycles. The van der Waals surface area contributed by atoms with Crippen LogP contribution in [-0.2, 0) is 11.4 Å². The fraction of sp³-hybridized carbons (Fsp3) is 0.459. The molecule has 0 saturated heterocycles. The molecule has 260 valence electrons. The zero-order valence-electron chi connectivity index (χ0n) is 30.1. The van der Waals surface area contributed by atoms with E-state index in [0.29, 0.717) is 47.2 Å². The Bertz CT molecular complexity index is 1630. The monoisotopic (exact) mass is 663 g/mol. The van der Waals surface area contributed by atoms with E-state index in [-0.39, 0.29) is 24.6 Å². The molecule has 1 heterocycles. The van der Waals surface area contributed by atoms with Crippen LogP contribution >= 0.6 is 0 Å². The van der Waals surface area contributed by atoms with Crippen molar-refractivity contribution in [3.63, 3.8) is 0 Å². The highest BCUT2D eigenvalue weighted by atomic mass is 19.1. The molecular formula is C37H50FN5O5. The van der Waals surface area contributed by atoms with Gasteiger partial charge in [-0.15, -0.1) is 0 Å². The Labute approximate surface area is 284 Å². The number of hydrogen-bond donors (Lipinski definition) is 1. The predicted molar refractivity (Wildman–Crippen MR) is 189 cm³/mol. The van der Waals surface area contributed by atoms with E-state index in [1.54, 1.807) is 42.2 Å². The number of amides is 2. The maximum atomic E-state index is 14.2. The van der Waals surface area contributed by atoms with Crippen LogP contribution in [0.2, 0.25) is 0 Å². The highest BCUT2D eigenvalue weighted by Gasteiger charge is 2.39. The fourth-order valence-corrected chi connectivity index (χ4v) is 5.62. The number of hydrogen-bond acceptors (Lipinski definition) is 8. The third-order valence-electron chi connectivity index (χ3n) is 9.09. The second-order valence-corrected chi connectivity index (χ2v) is 13.6. The molecule has 0 fully saturated rings. The summed E-state index contributed by atoms with van der Waals surface area (Å²) >= 11 is 0. The van der Waals surface area contributed by atoms with Crippen LogP contribution in [-0.4, -0.2) is 99.8 Å². The van der Waals surface area contributed by atoms with Crippen LogP contribution in [0, 0.1) is 12.7 Å². The number of nitrogens with zero attached hydrogens (tertiary/aromatic N) is 4. The average Bonchev–Trinajstić information content (AvgIpc) is 3.03. The highest BCUT2D eigenvalue weighted by molar-refractivity contribution is 6.08. The molecule has 0 saturated carbocycles. The van der Waals surface area contributed by atoms with Crippen molar-refractivity contribution in [2.45, 2.75) is 58.8 Å². The van der Waals surface area contributed by atoms with E-state index in [4.69, 9.17) is 14.2 Å². The lowest BCUT2D eigenvalue weighted by atomic mass is 9.91. The first-order valence-electron chi connectivity index (χ1n) is 16.1. The number of benzene rings is 3. The lowest BCUT2D eigenvalue weighted by Crippen LogP contribution is -2.52. The third-order valence-corrected chi connectivity index (χ3v) is 9.09. The number of carbonyl (C=O) groups excluding carboxylic acids is 2. The number of fused-ring (bicyclic) bond motifs is 1. The summed E-state index contributed by atoms with van der Waals surface area (Å²) in [6, 6.07) is 13.8. The van der Waals surface area contributed by atoms with Crippen LogP contribution < -0.4 is 24.4 Å². The van der Waals surface area contributed by atoms with Gasteiger partial charge in [-0.3, -0.25) is 4.79 Å². The molecule has 1 aliphatic heterocycles. The minimum absolute atomic E-state index is 0.0471. The minimum atomic E-state index is -0.813. The number of nitrogens with one attached hydrogen (secondary N) is 1. The van der Waals surface area contributed by atoms with Gasteiger partial charge in [-0.1, -0.05) is 12.1 Å². The molecule has 3 aromatic rings. The van der Waals surface area contributed by atoms with Crippen molar-refractivity contribution in [2.24, 2.45) is 0 Å². The van der Waals surface area contributed by atoms with Crippen molar-refractivity contribution >= 4 is 23.4 Å². The summed E-state index contributed by atoms with van der Waals surface area (Å²) in [5.74, 6) is 0.696. The first kappa shape index (κ1) is 36.5. The molecule has 1 aliphatic rings. The largest absolute Gasteiger partial charge is 0.496 e. The third kappa shape index (κ3) is 8.02. The van der Waals surface area contributed by atoms with Crippen LogP contribution in [0.1, 0.15) is 38.8 Å². The van der Waals surface area contributed by atoms with Crippen molar-refractivity contribution in [3.05, 3.63) is 65.5 Å². The number of halogens is 1. The van der Waals surface area contributed by atoms with E-state index in [1.807, 2.05) is 67.2 Å². The van der Waals surface area contributed by atoms with Crippen molar-refractivity contribution in [3.8, 4) is 28.4 Å². The van der Waals surface area contributed by atoms with Gasteiger partial charge in [0.15, 0.2) is 0 Å². The van der Waals surface area contributed by atoms with Crippen molar-refractivity contribution in [1.82, 2.24) is 14.7 Å². The van der Waals surface area contributed by atoms with Gasteiger partial charge in [0.2, 0.25) is 0 Å². The molecule has 2 unspecified atom stereocenters. The predicted octanol–water partition coefficient (Wildman–Crippen LogP) is 6.26. The second kappa shape index (κ2) is 14.8. The Balaban J connectivity index is 1.73. The van der Waals surface area contributed by atoms with E-state index in [0.717, 1.165) is 16.8 Å². The topological polar surface area (TPSA) is 86.8 Å². The highest BCUT2D eigenvalue weighted by Crippen LogP contribution is 2.45. The maximum Gasteiger partial charge on any atom is 0.415 e. The van der Waals surface area contributed by atoms with Crippen LogP contribution in [0.25, 0.3) is 11.1 Å². The molecule has 10 nitrogen and oxygen atoms in total. The Kier molecular flexibility index (Phi) is 11.3. The molecule has 1 N–H and O–H groups in total. The van der Waals surface area contributed by atoms with Gasteiger partial charge in [0.1, 0.15) is 35.2 Å². The Morgan fingerprint density at radius 3 is 2.17 bits per heavy atom. The number of anilines is 2.